The van der Waals surface area contributed by atoms with Crippen LogP contribution in [-0.4, -0.2) is 28.1 Å². The lowest BCUT2D eigenvalue weighted by molar-refractivity contribution is 0.0567. The van der Waals surface area contributed by atoms with Crippen LogP contribution in [0.5, 0.6) is 0 Å². The van der Waals surface area contributed by atoms with Crippen LogP contribution in [0.1, 0.15) is 30.1 Å². The van der Waals surface area contributed by atoms with Gasteiger partial charge in [-0.05, 0) is 61.2 Å². The zero-order valence-corrected chi connectivity index (χ0v) is 12.5. The van der Waals surface area contributed by atoms with Crippen LogP contribution in [0.25, 0.3) is 0 Å². The number of nitrogens with zero attached hydrogens (tertiary/aromatic N) is 2. The maximum Gasteiger partial charge on any atom is 0.123 e. The van der Waals surface area contributed by atoms with Gasteiger partial charge in [0.05, 0.1) is 6.10 Å². The van der Waals surface area contributed by atoms with Crippen LogP contribution in [0.15, 0.2) is 48.8 Å². The Bertz CT molecular complexity index is 580. The smallest absolute Gasteiger partial charge is 0.123 e. The summed E-state index contributed by atoms with van der Waals surface area (Å²) in [7, 11) is 0. The van der Waals surface area contributed by atoms with Crippen LogP contribution in [0.2, 0.25) is 0 Å². The van der Waals surface area contributed by atoms with Gasteiger partial charge in [0, 0.05) is 18.9 Å². The van der Waals surface area contributed by atoms with Gasteiger partial charge in [0.2, 0.25) is 0 Å². The van der Waals surface area contributed by atoms with E-state index in [0.29, 0.717) is 0 Å². The molecule has 1 aromatic heterocycles. The first-order chi connectivity index (χ1) is 10.7. The van der Waals surface area contributed by atoms with Gasteiger partial charge in [0.1, 0.15) is 5.82 Å². The predicted molar refractivity (Wildman–Crippen MR) is 83.6 cm³/mol. The van der Waals surface area contributed by atoms with E-state index >= 15 is 0 Å². The zero-order valence-electron chi connectivity index (χ0n) is 12.5. The fraction of sp³-hybridized carbons (Fsp3) is 0.389. The molecule has 1 N–H and O–H groups in total. The number of aliphatic hydroxyl groups is 1. The van der Waals surface area contributed by atoms with Gasteiger partial charge < -0.3 is 5.11 Å². The minimum Gasteiger partial charge on any atom is -0.388 e. The molecule has 116 valence electrons. The van der Waals surface area contributed by atoms with Crippen molar-refractivity contribution in [3.8, 4) is 0 Å². The second-order valence-corrected chi connectivity index (χ2v) is 5.97. The predicted octanol–water partition coefficient (Wildman–Crippen LogP) is 3.17. The Morgan fingerprint density at radius 2 is 1.91 bits per heavy atom. The van der Waals surface area contributed by atoms with Gasteiger partial charge in [-0.3, -0.25) is 9.88 Å². The Balaban J connectivity index is 1.54. The first-order valence-electron chi connectivity index (χ1n) is 7.77. The Morgan fingerprint density at radius 1 is 1.18 bits per heavy atom. The summed E-state index contributed by atoms with van der Waals surface area (Å²) in [5.41, 5.74) is 2.03. The molecule has 2 heterocycles. The molecular formula is C18H21FN2O. The normalized spacial score (nSPS) is 18.3. The van der Waals surface area contributed by atoms with Crippen molar-refractivity contribution in [3.05, 3.63) is 65.7 Å². The van der Waals surface area contributed by atoms with Crippen LogP contribution in [0.3, 0.4) is 0 Å². The van der Waals surface area contributed by atoms with Crippen molar-refractivity contribution in [1.82, 2.24) is 9.88 Å². The number of piperidine rings is 1. The molecule has 3 rings (SSSR count). The van der Waals surface area contributed by atoms with E-state index in [9.17, 15) is 9.50 Å². The highest BCUT2D eigenvalue weighted by Gasteiger charge is 2.26. The molecule has 0 bridgehead atoms. The van der Waals surface area contributed by atoms with E-state index in [1.807, 2.05) is 12.3 Å². The molecule has 0 saturated carbocycles. The molecule has 1 aliphatic rings. The second-order valence-electron chi connectivity index (χ2n) is 5.97. The number of rotatable bonds is 4. The summed E-state index contributed by atoms with van der Waals surface area (Å²) in [5, 5.41) is 10.5. The summed E-state index contributed by atoms with van der Waals surface area (Å²) in [6.45, 7) is 2.85. The zero-order chi connectivity index (χ0) is 15.4. The topological polar surface area (TPSA) is 36.4 Å². The molecule has 1 aliphatic heterocycles. The van der Waals surface area contributed by atoms with Gasteiger partial charge in [0.25, 0.3) is 0 Å². The summed E-state index contributed by atoms with van der Waals surface area (Å²) in [4.78, 5) is 6.54. The van der Waals surface area contributed by atoms with Gasteiger partial charge in [-0.25, -0.2) is 4.39 Å². The van der Waals surface area contributed by atoms with Gasteiger partial charge >= 0.3 is 0 Å². The van der Waals surface area contributed by atoms with E-state index in [4.69, 9.17) is 0 Å². The molecule has 1 saturated heterocycles. The van der Waals surface area contributed by atoms with Crippen molar-refractivity contribution in [3.63, 3.8) is 0 Å². The van der Waals surface area contributed by atoms with Crippen molar-refractivity contribution < 1.29 is 9.50 Å². The van der Waals surface area contributed by atoms with Crippen molar-refractivity contribution in [2.45, 2.75) is 25.5 Å². The standard InChI is InChI=1S/C18H21FN2O/c19-17-5-3-15(4-6-17)18(22)16-7-10-21(11-8-16)13-14-2-1-9-20-12-14/h1-6,9,12,16,18,22H,7-8,10-11,13H2. The maximum absolute atomic E-state index is 13.0. The fourth-order valence-corrected chi connectivity index (χ4v) is 3.11. The summed E-state index contributed by atoms with van der Waals surface area (Å²) in [5.74, 6) is -0.0159. The third kappa shape index (κ3) is 3.70. The molecule has 4 heteroatoms. The number of halogens is 1. The van der Waals surface area contributed by atoms with E-state index in [1.54, 1.807) is 18.3 Å². The monoisotopic (exact) mass is 300 g/mol. The average Bonchev–Trinajstić information content (AvgIpc) is 2.57. The molecule has 22 heavy (non-hydrogen) atoms. The fourth-order valence-electron chi connectivity index (χ4n) is 3.11. The molecule has 1 fully saturated rings. The SMILES string of the molecule is OC(c1ccc(F)cc1)C1CCN(Cc2cccnc2)CC1. The van der Waals surface area contributed by atoms with Gasteiger partial charge in [-0.1, -0.05) is 18.2 Å². The quantitative estimate of drug-likeness (QED) is 0.942. The molecule has 1 unspecified atom stereocenters. The molecule has 0 spiro atoms. The highest BCUT2D eigenvalue weighted by molar-refractivity contribution is 5.19. The number of aromatic nitrogens is 1. The first-order valence-corrected chi connectivity index (χ1v) is 7.77. The lowest BCUT2D eigenvalue weighted by Crippen LogP contribution is -2.35. The number of aliphatic hydroxyl groups excluding tert-OH is 1. The number of pyridine rings is 1. The third-order valence-corrected chi connectivity index (χ3v) is 4.42. The van der Waals surface area contributed by atoms with Gasteiger partial charge in [-0.2, -0.15) is 0 Å². The highest BCUT2D eigenvalue weighted by Crippen LogP contribution is 2.31. The molecule has 0 amide bonds. The number of likely N-dealkylation sites (tertiary alicyclic amines) is 1. The Hall–Kier alpha value is -1.78. The maximum atomic E-state index is 13.0. The van der Waals surface area contributed by atoms with Crippen molar-refractivity contribution in [1.29, 1.82) is 0 Å². The van der Waals surface area contributed by atoms with E-state index < -0.39 is 6.10 Å². The molecular weight excluding hydrogens is 279 g/mol. The van der Waals surface area contributed by atoms with Crippen LogP contribution in [0, 0.1) is 11.7 Å². The molecule has 1 aromatic carbocycles. The molecule has 2 aromatic rings. The highest BCUT2D eigenvalue weighted by atomic mass is 19.1. The van der Waals surface area contributed by atoms with Crippen LogP contribution in [0.4, 0.5) is 4.39 Å². The lowest BCUT2D eigenvalue weighted by atomic mass is 9.87. The number of hydrogen-bond acceptors (Lipinski definition) is 3. The van der Waals surface area contributed by atoms with Crippen molar-refractivity contribution >= 4 is 0 Å². The second kappa shape index (κ2) is 6.99. The summed E-state index contributed by atoms with van der Waals surface area (Å²) < 4.78 is 13.0. The Kier molecular flexibility index (Phi) is 4.80. The Morgan fingerprint density at radius 3 is 2.55 bits per heavy atom. The summed E-state index contributed by atoms with van der Waals surface area (Å²) in [6.07, 6.45) is 5.10. The number of benzene rings is 1. The van der Waals surface area contributed by atoms with E-state index in [0.717, 1.165) is 38.0 Å². The van der Waals surface area contributed by atoms with Crippen LogP contribution in [-0.2, 0) is 6.54 Å². The third-order valence-electron chi connectivity index (χ3n) is 4.42. The average molecular weight is 300 g/mol. The molecule has 0 aliphatic carbocycles. The molecule has 0 radical (unpaired) electrons. The van der Waals surface area contributed by atoms with Crippen LogP contribution < -0.4 is 0 Å². The van der Waals surface area contributed by atoms with Crippen molar-refractivity contribution in [2.75, 3.05) is 13.1 Å². The minimum absolute atomic E-state index is 0.246. The van der Waals surface area contributed by atoms with Crippen LogP contribution >= 0.6 is 0 Å². The summed E-state index contributed by atoms with van der Waals surface area (Å²) in [6, 6.07) is 10.2. The van der Waals surface area contributed by atoms with Gasteiger partial charge in [-0.15, -0.1) is 0 Å². The van der Waals surface area contributed by atoms with E-state index in [1.165, 1.54) is 17.7 Å². The molecule has 1 atom stereocenters. The van der Waals surface area contributed by atoms with Gasteiger partial charge in [0.15, 0.2) is 0 Å². The minimum atomic E-state index is -0.499. The lowest BCUT2D eigenvalue weighted by Gasteiger charge is -2.34. The van der Waals surface area contributed by atoms with E-state index in [2.05, 4.69) is 16.0 Å². The molecule has 3 nitrogen and oxygen atoms in total. The van der Waals surface area contributed by atoms with E-state index in [-0.39, 0.29) is 11.7 Å². The Labute approximate surface area is 130 Å². The number of hydrogen-bond donors (Lipinski definition) is 1. The first kappa shape index (κ1) is 15.1. The summed E-state index contributed by atoms with van der Waals surface area (Å²) >= 11 is 0. The van der Waals surface area contributed by atoms with Crippen molar-refractivity contribution in [2.24, 2.45) is 5.92 Å². The largest absolute Gasteiger partial charge is 0.388 e.